The van der Waals surface area contributed by atoms with Gasteiger partial charge in [-0.1, -0.05) is 6.07 Å². The standard InChI is InChI=1S/C13H13N3O2/c1-2-10-11(18-7-17-10)5-8(1)12-13-9(3-4-14-12)15-6-16-13/h1-2,5-6,12,14H,3-4,7H2,(H,15,16)/t12-/m1/s1. The predicted molar refractivity (Wildman–Crippen MR) is 64.7 cm³/mol. The Labute approximate surface area is 104 Å². The molecule has 0 amide bonds. The number of aromatic amines is 1. The number of hydrogen-bond donors (Lipinski definition) is 2. The van der Waals surface area contributed by atoms with E-state index in [0.717, 1.165) is 35.7 Å². The summed E-state index contributed by atoms with van der Waals surface area (Å²) in [4.78, 5) is 7.62. The predicted octanol–water partition coefficient (Wildman–Crippen LogP) is 1.37. The lowest BCUT2D eigenvalue weighted by Crippen LogP contribution is -2.30. The van der Waals surface area contributed by atoms with E-state index in [2.05, 4.69) is 21.4 Å². The van der Waals surface area contributed by atoms with Crippen molar-refractivity contribution in [3.63, 3.8) is 0 Å². The molecule has 1 aromatic carbocycles. The first-order chi connectivity index (χ1) is 8.92. The Bertz CT molecular complexity index is 594. The molecule has 0 radical (unpaired) electrons. The molecular formula is C13H13N3O2. The number of hydrogen-bond acceptors (Lipinski definition) is 4. The summed E-state index contributed by atoms with van der Waals surface area (Å²) < 4.78 is 10.8. The second kappa shape index (κ2) is 3.74. The molecule has 0 saturated carbocycles. The van der Waals surface area contributed by atoms with Crippen molar-refractivity contribution in [2.75, 3.05) is 13.3 Å². The first-order valence-electron chi connectivity index (χ1n) is 6.07. The van der Waals surface area contributed by atoms with Crippen LogP contribution in [-0.4, -0.2) is 23.3 Å². The van der Waals surface area contributed by atoms with Gasteiger partial charge >= 0.3 is 0 Å². The third-order valence-electron chi connectivity index (χ3n) is 3.48. The Hall–Kier alpha value is -2.01. The van der Waals surface area contributed by atoms with Gasteiger partial charge in [0.25, 0.3) is 0 Å². The Morgan fingerprint density at radius 3 is 3.17 bits per heavy atom. The van der Waals surface area contributed by atoms with E-state index in [9.17, 15) is 0 Å². The Balaban J connectivity index is 1.76. The van der Waals surface area contributed by atoms with E-state index >= 15 is 0 Å². The summed E-state index contributed by atoms with van der Waals surface area (Å²) in [7, 11) is 0. The van der Waals surface area contributed by atoms with Crippen molar-refractivity contribution in [2.45, 2.75) is 12.5 Å². The lowest BCUT2D eigenvalue weighted by atomic mass is 9.98. The van der Waals surface area contributed by atoms with Crippen LogP contribution in [0, 0.1) is 0 Å². The van der Waals surface area contributed by atoms with Crippen molar-refractivity contribution in [1.82, 2.24) is 15.3 Å². The van der Waals surface area contributed by atoms with Gasteiger partial charge in [-0.15, -0.1) is 0 Å². The molecule has 0 fully saturated rings. The molecule has 0 saturated heterocycles. The number of ether oxygens (including phenoxy) is 2. The zero-order valence-corrected chi connectivity index (χ0v) is 9.77. The van der Waals surface area contributed by atoms with Crippen molar-refractivity contribution in [3.05, 3.63) is 41.5 Å². The van der Waals surface area contributed by atoms with Crippen LogP contribution in [0.3, 0.4) is 0 Å². The SMILES string of the molecule is c1nc2c([nH]1)CCN[C@@H]2c1ccc2c(c1)OCO2. The van der Waals surface area contributed by atoms with E-state index in [-0.39, 0.29) is 6.04 Å². The summed E-state index contributed by atoms with van der Waals surface area (Å²) >= 11 is 0. The van der Waals surface area contributed by atoms with Crippen LogP contribution in [0.25, 0.3) is 0 Å². The molecule has 1 atom stereocenters. The van der Waals surface area contributed by atoms with Gasteiger partial charge in [-0.2, -0.15) is 0 Å². The van der Waals surface area contributed by atoms with E-state index in [0.29, 0.717) is 6.79 Å². The molecule has 5 heteroatoms. The highest BCUT2D eigenvalue weighted by Crippen LogP contribution is 2.36. The zero-order valence-electron chi connectivity index (χ0n) is 9.77. The van der Waals surface area contributed by atoms with Gasteiger partial charge in [-0.3, -0.25) is 0 Å². The molecule has 3 heterocycles. The van der Waals surface area contributed by atoms with Crippen molar-refractivity contribution in [1.29, 1.82) is 0 Å². The zero-order chi connectivity index (χ0) is 11.9. The molecule has 2 aromatic rings. The molecule has 1 aromatic heterocycles. The van der Waals surface area contributed by atoms with Gasteiger partial charge in [0.05, 0.1) is 18.1 Å². The number of benzene rings is 1. The van der Waals surface area contributed by atoms with E-state index in [1.54, 1.807) is 6.33 Å². The summed E-state index contributed by atoms with van der Waals surface area (Å²) in [6.45, 7) is 1.26. The lowest BCUT2D eigenvalue weighted by molar-refractivity contribution is 0.174. The quantitative estimate of drug-likeness (QED) is 0.794. The minimum atomic E-state index is 0.134. The molecule has 2 aliphatic heterocycles. The van der Waals surface area contributed by atoms with Crippen molar-refractivity contribution < 1.29 is 9.47 Å². The molecule has 0 bridgehead atoms. The number of nitrogens with one attached hydrogen (secondary N) is 2. The van der Waals surface area contributed by atoms with Gasteiger partial charge in [0.2, 0.25) is 6.79 Å². The van der Waals surface area contributed by atoms with Crippen LogP contribution in [0.4, 0.5) is 0 Å². The van der Waals surface area contributed by atoms with Gasteiger partial charge in [-0.05, 0) is 17.7 Å². The molecule has 4 rings (SSSR count). The molecule has 18 heavy (non-hydrogen) atoms. The number of aromatic nitrogens is 2. The van der Waals surface area contributed by atoms with Gasteiger partial charge in [0, 0.05) is 18.7 Å². The third-order valence-corrected chi connectivity index (χ3v) is 3.48. The first kappa shape index (κ1) is 9.96. The first-order valence-corrected chi connectivity index (χ1v) is 6.07. The second-order valence-corrected chi connectivity index (χ2v) is 4.52. The Kier molecular flexibility index (Phi) is 2.07. The molecule has 5 nitrogen and oxygen atoms in total. The molecule has 2 N–H and O–H groups in total. The molecular weight excluding hydrogens is 230 g/mol. The average Bonchev–Trinajstić information content (AvgIpc) is 3.05. The van der Waals surface area contributed by atoms with E-state index in [4.69, 9.17) is 9.47 Å². The number of nitrogens with zero attached hydrogens (tertiary/aromatic N) is 1. The molecule has 0 aliphatic carbocycles. The van der Waals surface area contributed by atoms with Crippen LogP contribution in [0.15, 0.2) is 24.5 Å². The summed E-state index contributed by atoms with van der Waals surface area (Å²) in [6.07, 6.45) is 2.76. The van der Waals surface area contributed by atoms with Gasteiger partial charge in [-0.25, -0.2) is 4.98 Å². The monoisotopic (exact) mass is 243 g/mol. The number of rotatable bonds is 1. The van der Waals surface area contributed by atoms with Crippen LogP contribution in [0.2, 0.25) is 0 Å². The summed E-state index contributed by atoms with van der Waals surface area (Å²) in [5.41, 5.74) is 3.46. The molecule has 0 spiro atoms. The highest BCUT2D eigenvalue weighted by Gasteiger charge is 2.25. The minimum absolute atomic E-state index is 0.134. The van der Waals surface area contributed by atoms with E-state index in [1.165, 1.54) is 5.69 Å². The maximum Gasteiger partial charge on any atom is 0.231 e. The summed E-state index contributed by atoms with van der Waals surface area (Å²) in [5.74, 6) is 1.63. The van der Waals surface area contributed by atoms with Crippen LogP contribution in [-0.2, 0) is 6.42 Å². The lowest BCUT2D eigenvalue weighted by Gasteiger charge is -2.23. The Morgan fingerprint density at radius 1 is 1.22 bits per heavy atom. The van der Waals surface area contributed by atoms with Crippen LogP contribution in [0.5, 0.6) is 11.5 Å². The largest absolute Gasteiger partial charge is 0.454 e. The smallest absolute Gasteiger partial charge is 0.231 e. The van der Waals surface area contributed by atoms with Crippen LogP contribution < -0.4 is 14.8 Å². The molecule has 92 valence electrons. The fourth-order valence-electron chi connectivity index (χ4n) is 2.59. The van der Waals surface area contributed by atoms with Crippen molar-refractivity contribution in [3.8, 4) is 11.5 Å². The maximum atomic E-state index is 5.42. The van der Waals surface area contributed by atoms with Crippen LogP contribution >= 0.6 is 0 Å². The minimum Gasteiger partial charge on any atom is -0.454 e. The topological polar surface area (TPSA) is 59.2 Å². The average molecular weight is 243 g/mol. The van der Waals surface area contributed by atoms with Crippen molar-refractivity contribution >= 4 is 0 Å². The summed E-state index contributed by atoms with van der Waals surface area (Å²) in [5, 5.41) is 3.49. The van der Waals surface area contributed by atoms with E-state index in [1.807, 2.05) is 12.1 Å². The van der Waals surface area contributed by atoms with Gasteiger partial charge in [0.15, 0.2) is 11.5 Å². The van der Waals surface area contributed by atoms with E-state index < -0.39 is 0 Å². The normalized spacial score (nSPS) is 20.8. The summed E-state index contributed by atoms with van der Waals surface area (Å²) in [6, 6.07) is 6.19. The number of imidazole rings is 1. The Morgan fingerprint density at radius 2 is 2.17 bits per heavy atom. The van der Waals surface area contributed by atoms with Gasteiger partial charge < -0.3 is 19.8 Å². The van der Waals surface area contributed by atoms with Gasteiger partial charge in [0.1, 0.15) is 0 Å². The fourth-order valence-corrected chi connectivity index (χ4v) is 2.59. The number of fused-ring (bicyclic) bond motifs is 2. The van der Waals surface area contributed by atoms with Crippen LogP contribution in [0.1, 0.15) is 23.0 Å². The fraction of sp³-hybridized carbons (Fsp3) is 0.308. The third kappa shape index (κ3) is 1.41. The molecule has 0 unspecified atom stereocenters. The number of H-pyrrole nitrogens is 1. The maximum absolute atomic E-state index is 5.42. The highest BCUT2D eigenvalue weighted by molar-refractivity contribution is 5.47. The highest BCUT2D eigenvalue weighted by atomic mass is 16.7. The second-order valence-electron chi connectivity index (χ2n) is 4.52. The molecule has 2 aliphatic rings. The van der Waals surface area contributed by atoms with Crippen molar-refractivity contribution in [2.24, 2.45) is 0 Å².